The molecule has 1 aromatic carbocycles. The summed E-state index contributed by atoms with van der Waals surface area (Å²) in [6.07, 6.45) is 4.37. The number of urea groups is 1. The highest BCUT2D eigenvalue weighted by Gasteiger charge is 2.51. The molecule has 1 spiro atoms. The van der Waals surface area contributed by atoms with Crippen LogP contribution in [0.1, 0.15) is 38.0 Å². The first-order chi connectivity index (χ1) is 12.6. The highest BCUT2D eigenvalue weighted by Crippen LogP contribution is 2.34. The predicted octanol–water partition coefficient (Wildman–Crippen LogP) is 2.50. The summed E-state index contributed by atoms with van der Waals surface area (Å²) in [7, 11) is 1.59. The largest absolute Gasteiger partial charge is 0.497 e. The Morgan fingerprint density at radius 1 is 1.15 bits per heavy atom. The van der Waals surface area contributed by atoms with Crippen molar-refractivity contribution < 1.29 is 18.7 Å². The van der Waals surface area contributed by atoms with E-state index in [1.165, 1.54) is 4.90 Å². The van der Waals surface area contributed by atoms with E-state index >= 15 is 0 Å². The number of rotatable bonds is 4. The Labute approximate surface area is 150 Å². The zero-order valence-electron chi connectivity index (χ0n) is 14.5. The van der Waals surface area contributed by atoms with Gasteiger partial charge in [-0.3, -0.25) is 9.69 Å². The van der Waals surface area contributed by atoms with Crippen LogP contribution in [-0.2, 0) is 11.3 Å². The molecule has 2 aromatic rings. The molecule has 2 fully saturated rings. The first-order valence-corrected chi connectivity index (χ1v) is 8.72. The van der Waals surface area contributed by atoms with Gasteiger partial charge in [-0.1, -0.05) is 19.3 Å². The molecular weight excluding hydrogens is 336 g/mol. The Morgan fingerprint density at radius 3 is 2.58 bits per heavy atom. The van der Waals surface area contributed by atoms with Gasteiger partial charge in [-0.2, -0.15) is 0 Å². The fraction of sp³-hybridized carbons (Fsp3) is 0.444. The summed E-state index contributed by atoms with van der Waals surface area (Å²) < 4.78 is 10.8. The van der Waals surface area contributed by atoms with Crippen LogP contribution in [0.4, 0.5) is 4.79 Å². The predicted molar refractivity (Wildman–Crippen MR) is 91.2 cm³/mol. The lowest BCUT2D eigenvalue weighted by Crippen LogP contribution is -2.48. The van der Waals surface area contributed by atoms with Crippen molar-refractivity contribution in [3.8, 4) is 17.2 Å². The molecule has 1 saturated heterocycles. The van der Waals surface area contributed by atoms with Crippen LogP contribution >= 0.6 is 0 Å². The van der Waals surface area contributed by atoms with Crippen molar-refractivity contribution >= 4 is 11.9 Å². The Hall–Kier alpha value is -2.90. The number of imide groups is 1. The second-order valence-corrected chi connectivity index (χ2v) is 6.69. The van der Waals surface area contributed by atoms with Gasteiger partial charge in [-0.15, -0.1) is 10.2 Å². The molecule has 4 rings (SSSR count). The van der Waals surface area contributed by atoms with Crippen LogP contribution in [-0.4, -0.2) is 39.7 Å². The third-order valence-corrected chi connectivity index (χ3v) is 5.05. The number of carbonyl (C=O) groups excluding carboxylic acids is 2. The molecule has 0 atom stereocenters. The number of hydrogen-bond donors (Lipinski definition) is 1. The number of methoxy groups -OCH3 is 1. The van der Waals surface area contributed by atoms with E-state index in [1.54, 1.807) is 31.4 Å². The Kier molecular flexibility index (Phi) is 4.10. The molecule has 1 N–H and O–H groups in total. The van der Waals surface area contributed by atoms with E-state index in [2.05, 4.69) is 15.5 Å². The monoisotopic (exact) mass is 356 g/mol. The van der Waals surface area contributed by atoms with Crippen molar-refractivity contribution in [1.29, 1.82) is 0 Å². The molecule has 0 radical (unpaired) electrons. The van der Waals surface area contributed by atoms with Gasteiger partial charge in [0.05, 0.1) is 7.11 Å². The third-order valence-electron chi connectivity index (χ3n) is 5.05. The molecule has 8 heteroatoms. The van der Waals surface area contributed by atoms with Gasteiger partial charge in [0, 0.05) is 5.56 Å². The second-order valence-electron chi connectivity index (χ2n) is 6.69. The van der Waals surface area contributed by atoms with Gasteiger partial charge in [0.15, 0.2) is 0 Å². The van der Waals surface area contributed by atoms with Crippen molar-refractivity contribution in [2.24, 2.45) is 0 Å². The van der Waals surface area contributed by atoms with Crippen molar-refractivity contribution in [2.75, 3.05) is 7.11 Å². The summed E-state index contributed by atoms with van der Waals surface area (Å²) in [5, 5.41) is 10.9. The minimum Gasteiger partial charge on any atom is -0.497 e. The molecule has 8 nitrogen and oxygen atoms in total. The lowest BCUT2D eigenvalue weighted by atomic mass is 9.82. The minimum absolute atomic E-state index is 0.0183. The average molecular weight is 356 g/mol. The molecule has 1 aliphatic heterocycles. The van der Waals surface area contributed by atoms with Crippen molar-refractivity contribution in [3.05, 3.63) is 30.2 Å². The topological polar surface area (TPSA) is 97.6 Å². The first-order valence-electron chi connectivity index (χ1n) is 8.72. The summed E-state index contributed by atoms with van der Waals surface area (Å²) in [5.41, 5.74) is -0.000692. The van der Waals surface area contributed by atoms with Crippen LogP contribution in [0.15, 0.2) is 28.7 Å². The summed E-state index contributed by atoms with van der Waals surface area (Å²) in [6, 6.07) is 6.82. The zero-order valence-corrected chi connectivity index (χ0v) is 14.5. The van der Waals surface area contributed by atoms with Gasteiger partial charge in [-0.05, 0) is 37.1 Å². The standard InChI is InChI=1S/C18H20N4O4/c1-25-13-7-5-12(6-8-13)15-21-20-14(26-15)11-22-16(23)18(19-17(22)24)9-3-2-4-10-18/h5-8H,2-4,9-11H2,1H3,(H,19,24). The maximum atomic E-state index is 12.8. The van der Waals surface area contributed by atoms with Crippen molar-refractivity contribution in [3.63, 3.8) is 0 Å². The maximum Gasteiger partial charge on any atom is 0.325 e. The highest BCUT2D eigenvalue weighted by molar-refractivity contribution is 6.06. The van der Waals surface area contributed by atoms with Gasteiger partial charge in [0.1, 0.15) is 17.8 Å². The average Bonchev–Trinajstić information content (AvgIpc) is 3.22. The summed E-state index contributed by atoms with van der Waals surface area (Å²) >= 11 is 0. The van der Waals surface area contributed by atoms with Gasteiger partial charge >= 0.3 is 6.03 Å². The molecule has 1 saturated carbocycles. The Bertz CT molecular complexity index is 824. The number of amides is 3. The molecule has 0 unspecified atom stereocenters. The van der Waals surface area contributed by atoms with E-state index in [1.807, 2.05) is 0 Å². The smallest absolute Gasteiger partial charge is 0.325 e. The molecule has 2 heterocycles. The van der Waals surface area contributed by atoms with E-state index in [4.69, 9.17) is 9.15 Å². The molecule has 136 valence electrons. The summed E-state index contributed by atoms with van der Waals surface area (Å²) in [5.74, 6) is 1.10. The van der Waals surface area contributed by atoms with E-state index in [-0.39, 0.29) is 24.4 Å². The van der Waals surface area contributed by atoms with Gasteiger partial charge < -0.3 is 14.5 Å². The van der Waals surface area contributed by atoms with Crippen LogP contribution in [0.2, 0.25) is 0 Å². The quantitative estimate of drug-likeness (QED) is 0.845. The van der Waals surface area contributed by atoms with E-state index in [9.17, 15) is 9.59 Å². The number of hydrogen-bond acceptors (Lipinski definition) is 6. The Balaban J connectivity index is 1.50. The molecule has 0 bridgehead atoms. The van der Waals surface area contributed by atoms with Gasteiger partial charge in [0.2, 0.25) is 11.8 Å². The summed E-state index contributed by atoms with van der Waals surface area (Å²) in [4.78, 5) is 26.3. The molecule has 1 aliphatic carbocycles. The molecule has 3 amide bonds. The number of aromatic nitrogens is 2. The fourth-order valence-electron chi connectivity index (χ4n) is 3.62. The molecule has 2 aliphatic rings. The lowest BCUT2D eigenvalue weighted by molar-refractivity contribution is -0.133. The fourth-order valence-corrected chi connectivity index (χ4v) is 3.62. The Morgan fingerprint density at radius 2 is 1.88 bits per heavy atom. The van der Waals surface area contributed by atoms with Crippen molar-refractivity contribution in [2.45, 2.75) is 44.2 Å². The van der Waals surface area contributed by atoms with Crippen molar-refractivity contribution in [1.82, 2.24) is 20.4 Å². The maximum absolute atomic E-state index is 12.8. The van der Waals surface area contributed by atoms with E-state index < -0.39 is 5.54 Å². The van der Waals surface area contributed by atoms with Crippen LogP contribution in [0.3, 0.4) is 0 Å². The van der Waals surface area contributed by atoms with E-state index in [0.717, 1.165) is 30.6 Å². The van der Waals surface area contributed by atoms with Crippen LogP contribution in [0.5, 0.6) is 5.75 Å². The van der Waals surface area contributed by atoms with Crippen LogP contribution < -0.4 is 10.1 Å². The third kappa shape index (κ3) is 2.81. The molecule has 1 aromatic heterocycles. The highest BCUT2D eigenvalue weighted by atomic mass is 16.5. The minimum atomic E-state index is -0.742. The van der Waals surface area contributed by atoms with Gasteiger partial charge in [-0.25, -0.2) is 4.79 Å². The summed E-state index contributed by atoms with van der Waals surface area (Å²) in [6.45, 7) is -0.0183. The SMILES string of the molecule is COc1ccc(-c2nnc(CN3C(=O)NC4(CCCCC4)C3=O)o2)cc1. The molecular formula is C18H20N4O4. The number of ether oxygens (including phenoxy) is 1. The lowest BCUT2D eigenvalue weighted by Gasteiger charge is -2.30. The molecule has 26 heavy (non-hydrogen) atoms. The number of nitrogens with zero attached hydrogens (tertiary/aromatic N) is 3. The van der Waals surface area contributed by atoms with E-state index in [0.29, 0.717) is 18.7 Å². The van der Waals surface area contributed by atoms with Crippen LogP contribution in [0, 0.1) is 0 Å². The first kappa shape index (κ1) is 16.6. The number of carbonyl (C=O) groups is 2. The van der Waals surface area contributed by atoms with Crippen LogP contribution in [0.25, 0.3) is 11.5 Å². The number of nitrogens with one attached hydrogen (secondary N) is 1. The zero-order chi connectivity index (χ0) is 18.1. The second kappa shape index (κ2) is 6.44. The van der Waals surface area contributed by atoms with Gasteiger partial charge in [0.25, 0.3) is 5.91 Å². The normalized spacial score (nSPS) is 19.0. The number of benzene rings is 1.